The lowest BCUT2D eigenvalue weighted by molar-refractivity contribution is -0.142. The van der Waals surface area contributed by atoms with Crippen LogP contribution in [0.25, 0.3) is 0 Å². The maximum atomic E-state index is 11.7. The molecule has 0 radical (unpaired) electrons. The second kappa shape index (κ2) is 7.33. The number of hydrogen-bond donors (Lipinski definition) is 1. The minimum Gasteiger partial charge on any atom is -0.495 e. The van der Waals surface area contributed by atoms with Crippen LogP contribution in [0.3, 0.4) is 0 Å². The third-order valence-electron chi connectivity index (χ3n) is 2.38. The summed E-state index contributed by atoms with van der Waals surface area (Å²) in [7, 11) is 1.52. The first kappa shape index (κ1) is 15.8. The summed E-state index contributed by atoms with van der Waals surface area (Å²) in [5.41, 5.74) is 2.36. The normalized spacial score (nSPS) is 9.60. The molecule has 5 nitrogen and oxygen atoms in total. The summed E-state index contributed by atoms with van der Waals surface area (Å²) >= 11 is 0. The van der Waals surface area contributed by atoms with E-state index in [1.54, 1.807) is 26.0 Å². The van der Waals surface area contributed by atoms with Crippen LogP contribution in [-0.4, -0.2) is 25.6 Å². The van der Waals surface area contributed by atoms with Crippen molar-refractivity contribution in [3.8, 4) is 5.75 Å². The van der Waals surface area contributed by atoms with Gasteiger partial charge in [0.25, 0.3) is 5.91 Å². The van der Waals surface area contributed by atoms with Crippen LogP contribution in [0.1, 0.15) is 19.4 Å². The molecule has 1 rings (SSSR count). The highest BCUT2D eigenvalue weighted by molar-refractivity contribution is 5.95. The van der Waals surface area contributed by atoms with Gasteiger partial charge in [-0.05, 0) is 38.5 Å². The Balaban J connectivity index is 2.61. The van der Waals surface area contributed by atoms with Crippen LogP contribution in [0.5, 0.6) is 5.75 Å². The maximum Gasteiger partial charge on any atom is 0.331 e. The summed E-state index contributed by atoms with van der Waals surface area (Å²) in [4.78, 5) is 23.0. The van der Waals surface area contributed by atoms with Crippen molar-refractivity contribution in [2.45, 2.75) is 20.8 Å². The van der Waals surface area contributed by atoms with E-state index in [4.69, 9.17) is 9.47 Å². The molecule has 0 bridgehead atoms. The van der Waals surface area contributed by atoms with Crippen LogP contribution >= 0.6 is 0 Å². The molecule has 1 aromatic carbocycles. The molecule has 0 heterocycles. The van der Waals surface area contributed by atoms with Gasteiger partial charge in [-0.25, -0.2) is 4.79 Å². The number of methoxy groups -OCH3 is 1. The van der Waals surface area contributed by atoms with Crippen molar-refractivity contribution >= 4 is 17.6 Å². The number of aryl methyl sites for hydroxylation is 1. The lowest BCUT2D eigenvalue weighted by Gasteiger charge is -2.11. The van der Waals surface area contributed by atoms with E-state index in [2.05, 4.69) is 5.32 Å². The van der Waals surface area contributed by atoms with Crippen molar-refractivity contribution < 1.29 is 19.1 Å². The number of carbonyl (C=O) groups excluding carboxylic acids is 2. The van der Waals surface area contributed by atoms with Gasteiger partial charge in [0.15, 0.2) is 6.61 Å². The highest BCUT2D eigenvalue weighted by atomic mass is 16.5. The molecule has 20 heavy (non-hydrogen) atoms. The molecular formula is C15H19NO4. The summed E-state index contributed by atoms with van der Waals surface area (Å²) in [6.45, 7) is 5.13. The number of anilines is 1. The van der Waals surface area contributed by atoms with E-state index < -0.39 is 11.9 Å². The SMILES string of the molecule is COc1ccc(C)cc1NC(=O)COC(=O)C=C(C)C. The standard InChI is InChI=1S/C15H19NO4/c1-10(2)7-15(18)20-9-14(17)16-12-8-11(3)5-6-13(12)19-4/h5-8H,9H2,1-4H3,(H,16,17). The Morgan fingerprint density at radius 3 is 2.60 bits per heavy atom. The van der Waals surface area contributed by atoms with Crippen molar-refractivity contribution in [1.29, 1.82) is 0 Å². The number of allylic oxidation sites excluding steroid dienone is 1. The van der Waals surface area contributed by atoms with Crippen LogP contribution in [0.4, 0.5) is 5.69 Å². The molecule has 0 unspecified atom stereocenters. The van der Waals surface area contributed by atoms with Gasteiger partial charge < -0.3 is 14.8 Å². The summed E-state index contributed by atoms with van der Waals surface area (Å²) in [6.07, 6.45) is 1.33. The predicted octanol–water partition coefficient (Wildman–Crippen LogP) is 2.45. The molecule has 108 valence electrons. The zero-order valence-electron chi connectivity index (χ0n) is 12.1. The summed E-state index contributed by atoms with van der Waals surface area (Å²) in [5.74, 6) is -0.389. The quantitative estimate of drug-likeness (QED) is 0.663. The third kappa shape index (κ3) is 5.14. The molecule has 1 aromatic rings. The number of amides is 1. The Morgan fingerprint density at radius 1 is 1.30 bits per heavy atom. The van der Waals surface area contributed by atoms with E-state index in [1.807, 2.05) is 13.0 Å². The Labute approximate surface area is 118 Å². The van der Waals surface area contributed by atoms with E-state index >= 15 is 0 Å². The van der Waals surface area contributed by atoms with Gasteiger partial charge in [-0.2, -0.15) is 0 Å². The average molecular weight is 277 g/mol. The van der Waals surface area contributed by atoms with Gasteiger partial charge in [-0.15, -0.1) is 0 Å². The first-order chi connectivity index (χ1) is 9.42. The van der Waals surface area contributed by atoms with E-state index in [9.17, 15) is 9.59 Å². The summed E-state index contributed by atoms with van der Waals surface area (Å²) in [6, 6.07) is 5.43. The van der Waals surface area contributed by atoms with Crippen molar-refractivity contribution in [2.24, 2.45) is 0 Å². The molecule has 5 heteroatoms. The van der Waals surface area contributed by atoms with E-state index in [0.717, 1.165) is 11.1 Å². The fraction of sp³-hybridized carbons (Fsp3) is 0.333. The van der Waals surface area contributed by atoms with Crippen molar-refractivity contribution in [3.63, 3.8) is 0 Å². The molecule has 1 amide bonds. The fourth-order valence-corrected chi connectivity index (χ4v) is 1.52. The molecule has 0 aromatic heterocycles. The first-order valence-corrected chi connectivity index (χ1v) is 6.18. The third-order valence-corrected chi connectivity index (χ3v) is 2.38. The van der Waals surface area contributed by atoms with Crippen molar-refractivity contribution in [1.82, 2.24) is 0 Å². The Hall–Kier alpha value is -2.30. The monoisotopic (exact) mass is 277 g/mol. The molecule has 0 aliphatic rings. The van der Waals surface area contributed by atoms with E-state index in [0.29, 0.717) is 11.4 Å². The second-order valence-corrected chi connectivity index (χ2v) is 4.58. The molecule has 0 atom stereocenters. The van der Waals surface area contributed by atoms with Crippen LogP contribution in [0.15, 0.2) is 29.8 Å². The van der Waals surface area contributed by atoms with Crippen LogP contribution in [-0.2, 0) is 14.3 Å². The molecule has 0 aliphatic heterocycles. The van der Waals surface area contributed by atoms with Gasteiger partial charge in [0.2, 0.25) is 0 Å². The molecule has 0 spiro atoms. The molecular weight excluding hydrogens is 258 g/mol. The average Bonchev–Trinajstić information content (AvgIpc) is 2.36. The van der Waals surface area contributed by atoms with Gasteiger partial charge in [0.1, 0.15) is 5.75 Å². The van der Waals surface area contributed by atoms with Crippen LogP contribution < -0.4 is 10.1 Å². The smallest absolute Gasteiger partial charge is 0.331 e. The lowest BCUT2D eigenvalue weighted by Crippen LogP contribution is -2.20. The number of esters is 1. The second-order valence-electron chi connectivity index (χ2n) is 4.58. The number of rotatable bonds is 5. The summed E-state index contributed by atoms with van der Waals surface area (Å²) < 4.78 is 9.97. The van der Waals surface area contributed by atoms with Gasteiger partial charge in [0, 0.05) is 6.08 Å². The number of ether oxygens (including phenoxy) is 2. The lowest BCUT2D eigenvalue weighted by atomic mass is 10.2. The number of hydrogen-bond acceptors (Lipinski definition) is 4. The van der Waals surface area contributed by atoms with Gasteiger partial charge >= 0.3 is 5.97 Å². The number of benzene rings is 1. The van der Waals surface area contributed by atoms with Gasteiger partial charge in [0.05, 0.1) is 12.8 Å². The largest absolute Gasteiger partial charge is 0.495 e. The Bertz CT molecular complexity index is 531. The minimum absolute atomic E-state index is 0.334. The Kier molecular flexibility index (Phi) is 5.77. The van der Waals surface area contributed by atoms with Crippen molar-refractivity contribution in [3.05, 3.63) is 35.4 Å². The molecule has 0 aliphatic carbocycles. The van der Waals surface area contributed by atoms with Gasteiger partial charge in [-0.3, -0.25) is 4.79 Å². The zero-order chi connectivity index (χ0) is 15.1. The molecule has 0 saturated carbocycles. The summed E-state index contributed by atoms with van der Waals surface area (Å²) in [5, 5.41) is 2.65. The van der Waals surface area contributed by atoms with Crippen LogP contribution in [0.2, 0.25) is 0 Å². The zero-order valence-corrected chi connectivity index (χ0v) is 12.1. The fourth-order valence-electron chi connectivity index (χ4n) is 1.52. The van der Waals surface area contributed by atoms with E-state index in [-0.39, 0.29) is 6.61 Å². The highest BCUT2D eigenvalue weighted by Crippen LogP contribution is 2.24. The molecule has 0 saturated heterocycles. The minimum atomic E-state index is -0.531. The first-order valence-electron chi connectivity index (χ1n) is 6.18. The molecule has 1 N–H and O–H groups in total. The highest BCUT2D eigenvalue weighted by Gasteiger charge is 2.09. The predicted molar refractivity (Wildman–Crippen MR) is 76.8 cm³/mol. The molecule has 0 fully saturated rings. The maximum absolute atomic E-state index is 11.7. The number of carbonyl (C=O) groups is 2. The van der Waals surface area contributed by atoms with Crippen LogP contribution in [0, 0.1) is 6.92 Å². The van der Waals surface area contributed by atoms with Crippen molar-refractivity contribution in [2.75, 3.05) is 19.0 Å². The Morgan fingerprint density at radius 2 is 2.00 bits per heavy atom. The van der Waals surface area contributed by atoms with Gasteiger partial charge in [-0.1, -0.05) is 11.6 Å². The topological polar surface area (TPSA) is 64.6 Å². The number of nitrogens with one attached hydrogen (secondary N) is 1. The van der Waals surface area contributed by atoms with E-state index in [1.165, 1.54) is 13.2 Å².